The Labute approximate surface area is 122 Å². The highest BCUT2D eigenvalue weighted by Gasteiger charge is 2.33. The molecular weight excluding hydrogens is 278 g/mol. The summed E-state index contributed by atoms with van der Waals surface area (Å²) in [4.78, 5) is 24.6. The number of carbonyl (C=O) groups is 2. The number of nitrogens with zero attached hydrogens (tertiary/aromatic N) is 2. The molecule has 0 aliphatic carbocycles. The molecule has 21 heavy (non-hydrogen) atoms. The van der Waals surface area contributed by atoms with Crippen molar-refractivity contribution in [3.05, 3.63) is 17.5 Å². The number of carboxylic acid groups (broad SMARTS) is 1. The standard InChI is InChI=1S/C13H19N3O5/c1-13(2,3)21-12(19)16-4-5-20-7-10(16)8-6-9(11(17)18)15-14-8/h6,10H,4-5,7H2,1-3H3,(H,14,15)(H,17,18). The van der Waals surface area contributed by atoms with Crippen molar-refractivity contribution in [2.45, 2.75) is 32.4 Å². The molecule has 1 aromatic rings. The summed E-state index contributed by atoms with van der Waals surface area (Å²) in [6.07, 6.45) is -0.456. The molecule has 8 nitrogen and oxygen atoms in total. The summed E-state index contributed by atoms with van der Waals surface area (Å²) in [5.41, 5.74) is -0.183. The van der Waals surface area contributed by atoms with E-state index >= 15 is 0 Å². The summed E-state index contributed by atoms with van der Waals surface area (Å²) in [6.45, 7) is 6.43. The molecular formula is C13H19N3O5. The number of H-pyrrole nitrogens is 1. The van der Waals surface area contributed by atoms with E-state index < -0.39 is 23.7 Å². The Balaban J connectivity index is 2.18. The first-order valence-electron chi connectivity index (χ1n) is 6.64. The Hall–Kier alpha value is -2.09. The van der Waals surface area contributed by atoms with Crippen molar-refractivity contribution in [1.29, 1.82) is 0 Å². The quantitative estimate of drug-likeness (QED) is 0.855. The molecule has 1 saturated heterocycles. The van der Waals surface area contributed by atoms with Gasteiger partial charge in [-0.2, -0.15) is 5.10 Å². The maximum atomic E-state index is 12.2. The Morgan fingerprint density at radius 1 is 1.52 bits per heavy atom. The van der Waals surface area contributed by atoms with Gasteiger partial charge < -0.3 is 14.6 Å². The van der Waals surface area contributed by atoms with Gasteiger partial charge in [-0.15, -0.1) is 0 Å². The zero-order valence-electron chi connectivity index (χ0n) is 12.3. The Morgan fingerprint density at radius 2 is 2.24 bits per heavy atom. The maximum Gasteiger partial charge on any atom is 0.411 e. The maximum absolute atomic E-state index is 12.2. The number of morpholine rings is 1. The molecule has 1 aliphatic rings. The molecule has 116 valence electrons. The topological polar surface area (TPSA) is 105 Å². The van der Waals surface area contributed by atoms with Gasteiger partial charge in [-0.25, -0.2) is 9.59 Å². The van der Waals surface area contributed by atoms with Gasteiger partial charge >= 0.3 is 12.1 Å². The lowest BCUT2D eigenvalue weighted by molar-refractivity contribution is -0.0340. The number of nitrogens with one attached hydrogen (secondary N) is 1. The predicted octanol–water partition coefficient (Wildman–Crippen LogP) is 1.42. The zero-order chi connectivity index (χ0) is 15.6. The minimum absolute atomic E-state index is 0.0975. The van der Waals surface area contributed by atoms with Crippen LogP contribution in [0.3, 0.4) is 0 Å². The normalized spacial score (nSPS) is 19.4. The van der Waals surface area contributed by atoms with Crippen LogP contribution < -0.4 is 0 Å². The van der Waals surface area contributed by atoms with Crippen LogP contribution >= 0.6 is 0 Å². The molecule has 1 fully saturated rings. The number of ether oxygens (including phenoxy) is 2. The summed E-state index contributed by atoms with van der Waals surface area (Å²) >= 11 is 0. The number of rotatable bonds is 2. The highest BCUT2D eigenvalue weighted by molar-refractivity contribution is 5.85. The first kappa shape index (κ1) is 15.3. The van der Waals surface area contributed by atoms with E-state index in [-0.39, 0.29) is 12.3 Å². The Bertz CT molecular complexity index is 534. The van der Waals surface area contributed by atoms with Crippen molar-refractivity contribution >= 4 is 12.1 Å². The van der Waals surface area contributed by atoms with Gasteiger partial charge in [0.25, 0.3) is 0 Å². The van der Waals surface area contributed by atoms with Crippen molar-refractivity contribution in [3.63, 3.8) is 0 Å². The van der Waals surface area contributed by atoms with Crippen molar-refractivity contribution in [2.24, 2.45) is 0 Å². The van der Waals surface area contributed by atoms with Gasteiger partial charge in [0.15, 0.2) is 5.69 Å². The number of aromatic amines is 1. The lowest BCUT2D eigenvalue weighted by Crippen LogP contribution is -2.45. The first-order valence-corrected chi connectivity index (χ1v) is 6.64. The van der Waals surface area contributed by atoms with Crippen LogP contribution in [0.5, 0.6) is 0 Å². The SMILES string of the molecule is CC(C)(C)OC(=O)N1CCOCC1c1cc(C(=O)O)n[nH]1. The summed E-state index contributed by atoms with van der Waals surface area (Å²) in [5.74, 6) is -1.13. The van der Waals surface area contributed by atoms with Crippen LogP contribution in [-0.2, 0) is 9.47 Å². The number of amides is 1. The van der Waals surface area contributed by atoms with E-state index in [1.165, 1.54) is 11.0 Å². The van der Waals surface area contributed by atoms with Gasteiger partial charge in [-0.3, -0.25) is 10.00 Å². The van der Waals surface area contributed by atoms with E-state index in [9.17, 15) is 9.59 Å². The van der Waals surface area contributed by atoms with Gasteiger partial charge in [-0.05, 0) is 26.8 Å². The number of aromatic carboxylic acids is 1. The van der Waals surface area contributed by atoms with Gasteiger partial charge in [0.1, 0.15) is 11.6 Å². The lowest BCUT2D eigenvalue weighted by atomic mass is 10.1. The van der Waals surface area contributed by atoms with Crippen molar-refractivity contribution in [1.82, 2.24) is 15.1 Å². The number of hydrogen-bond donors (Lipinski definition) is 2. The second-order valence-electron chi connectivity index (χ2n) is 5.78. The molecule has 2 rings (SSSR count). The van der Waals surface area contributed by atoms with Gasteiger partial charge in [-0.1, -0.05) is 0 Å². The largest absolute Gasteiger partial charge is 0.476 e. The highest BCUT2D eigenvalue weighted by Crippen LogP contribution is 2.25. The smallest absolute Gasteiger partial charge is 0.411 e. The van der Waals surface area contributed by atoms with Crippen molar-refractivity contribution in [3.8, 4) is 0 Å². The molecule has 1 unspecified atom stereocenters. The van der Waals surface area contributed by atoms with Crippen LogP contribution in [0.1, 0.15) is 43.0 Å². The minimum Gasteiger partial charge on any atom is -0.476 e. The average Bonchev–Trinajstić information content (AvgIpc) is 2.86. The summed E-state index contributed by atoms with van der Waals surface area (Å²) in [6, 6.07) is 0.966. The van der Waals surface area contributed by atoms with Crippen LogP contribution in [0.15, 0.2) is 6.07 Å². The van der Waals surface area contributed by atoms with Crippen LogP contribution in [0.25, 0.3) is 0 Å². The molecule has 1 aromatic heterocycles. The lowest BCUT2D eigenvalue weighted by Gasteiger charge is -2.35. The van der Waals surface area contributed by atoms with E-state index in [2.05, 4.69) is 10.2 Å². The van der Waals surface area contributed by atoms with Crippen molar-refractivity contribution < 1.29 is 24.2 Å². The molecule has 0 bridgehead atoms. The minimum atomic E-state index is -1.13. The fraction of sp³-hybridized carbons (Fsp3) is 0.615. The molecule has 0 aromatic carbocycles. The van der Waals surface area contributed by atoms with Crippen molar-refractivity contribution in [2.75, 3.05) is 19.8 Å². The van der Waals surface area contributed by atoms with E-state index in [1.54, 1.807) is 20.8 Å². The molecule has 1 atom stereocenters. The zero-order valence-corrected chi connectivity index (χ0v) is 12.3. The van der Waals surface area contributed by atoms with Crippen LogP contribution in [0, 0.1) is 0 Å². The van der Waals surface area contributed by atoms with E-state index in [0.717, 1.165) is 0 Å². The first-order chi connectivity index (χ1) is 9.78. The highest BCUT2D eigenvalue weighted by atomic mass is 16.6. The monoisotopic (exact) mass is 297 g/mol. The van der Waals surface area contributed by atoms with E-state index in [0.29, 0.717) is 18.8 Å². The predicted molar refractivity (Wildman–Crippen MR) is 72.0 cm³/mol. The van der Waals surface area contributed by atoms with Gasteiger partial charge in [0.05, 0.1) is 18.9 Å². The summed E-state index contributed by atoms with van der Waals surface area (Å²) in [5, 5.41) is 15.3. The molecule has 2 N–H and O–H groups in total. The number of aromatic nitrogens is 2. The fourth-order valence-corrected chi connectivity index (χ4v) is 2.02. The third-order valence-electron chi connectivity index (χ3n) is 2.93. The van der Waals surface area contributed by atoms with E-state index in [4.69, 9.17) is 14.6 Å². The van der Waals surface area contributed by atoms with Gasteiger partial charge in [0, 0.05) is 6.54 Å². The molecule has 8 heteroatoms. The molecule has 1 aliphatic heterocycles. The third-order valence-corrected chi connectivity index (χ3v) is 2.93. The number of hydrogen-bond acceptors (Lipinski definition) is 5. The van der Waals surface area contributed by atoms with Crippen LogP contribution in [-0.4, -0.2) is 57.6 Å². The molecule has 0 saturated carbocycles. The number of carboxylic acids is 1. The average molecular weight is 297 g/mol. The van der Waals surface area contributed by atoms with Crippen LogP contribution in [0.2, 0.25) is 0 Å². The summed E-state index contributed by atoms with van der Waals surface area (Å²) in [7, 11) is 0. The Morgan fingerprint density at radius 3 is 2.81 bits per heavy atom. The number of carbonyl (C=O) groups excluding carboxylic acids is 1. The second kappa shape index (κ2) is 5.72. The third kappa shape index (κ3) is 3.72. The molecule has 0 radical (unpaired) electrons. The molecule has 1 amide bonds. The van der Waals surface area contributed by atoms with Crippen LogP contribution in [0.4, 0.5) is 4.79 Å². The van der Waals surface area contributed by atoms with Gasteiger partial charge in [0.2, 0.25) is 0 Å². The Kier molecular flexibility index (Phi) is 4.17. The van der Waals surface area contributed by atoms with E-state index in [1.807, 2.05) is 0 Å². The molecule has 2 heterocycles. The molecule has 0 spiro atoms. The summed E-state index contributed by atoms with van der Waals surface area (Å²) < 4.78 is 10.7. The second-order valence-corrected chi connectivity index (χ2v) is 5.78. The fourth-order valence-electron chi connectivity index (χ4n) is 2.02.